The molecule has 1 unspecified atom stereocenters. The van der Waals surface area contributed by atoms with Gasteiger partial charge in [0, 0.05) is 6.66 Å². The molecule has 0 saturated heterocycles. The van der Waals surface area contributed by atoms with Crippen molar-refractivity contribution in [1.82, 2.24) is 0 Å². The Morgan fingerprint density at radius 2 is 2.50 bits per heavy atom. The summed E-state index contributed by atoms with van der Waals surface area (Å²) >= 11 is 4.55. The van der Waals surface area contributed by atoms with Gasteiger partial charge in [0.2, 0.25) is 0 Å². The van der Waals surface area contributed by atoms with Gasteiger partial charge < -0.3 is 9.42 Å². The molecule has 8 heavy (non-hydrogen) atoms. The van der Waals surface area contributed by atoms with Crippen LogP contribution in [0, 0.1) is 0 Å². The van der Waals surface area contributed by atoms with E-state index in [0.29, 0.717) is 6.61 Å². The summed E-state index contributed by atoms with van der Waals surface area (Å²) in [6.07, 6.45) is 1.56. The van der Waals surface area contributed by atoms with E-state index in [2.05, 4.69) is 18.4 Å². The lowest BCUT2D eigenvalue weighted by atomic mass is 10.7. The number of rotatable bonds is 3. The Morgan fingerprint density at radius 1 is 2.00 bits per heavy atom. The lowest BCUT2D eigenvalue weighted by Gasteiger charge is -2.05. The summed E-state index contributed by atoms with van der Waals surface area (Å²) in [5.41, 5.74) is 0. The normalized spacial score (nSPS) is 17.2. The molecule has 1 N–H and O–H groups in total. The van der Waals surface area contributed by atoms with Gasteiger partial charge in [0.25, 0.3) is 0 Å². The molecule has 0 aromatic rings. The van der Waals surface area contributed by atoms with Gasteiger partial charge in [-0.3, -0.25) is 0 Å². The molecule has 0 spiro atoms. The van der Waals surface area contributed by atoms with Crippen LogP contribution in [-0.2, 0) is 16.3 Å². The van der Waals surface area contributed by atoms with Crippen LogP contribution in [0.2, 0.25) is 0 Å². The second kappa shape index (κ2) is 3.36. The van der Waals surface area contributed by atoms with Gasteiger partial charge in [-0.1, -0.05) is 6.08 Å². The fourth-order valence-electron chi connectivity index (χ4n) is 0.191. The van der Waals surface area contributed by atoms with Crippen LogP contribution in [0.5, 0.6) is 0 Å². The van der Waals surface area contributed by atoms with Crippen LogP contribution in [-0.4, -0.2) is 18.2 Å². The van der Waals surface area contributed by atoms with Gasteiger partial charge in [-0.05, 0) is 11.8 Å². The maximum absolute atomic E-state index is 8.80. The topological polar surface area (TPSA) is 29.5 Å². The molecule has 0 radical (unpaired) electrons. The van der Waals surface area contributed by atoms with Crippen LogP contribution >= 0.6 is 6.49 Å². The van der Waals surface area contributed by atoms with E-state index in [1.165, 1.54) is 6.66 Å². The van der Waals surface area contributed by atoms with Crippen molar-refractivity contribution in [3.63, 3.8) is 0 Å². The Hall–Kier alpha value is 0.310. The van der Waals surface area contributed by atoms with Crippen molar-refractivity contribution in [1.29, 1.82) is 0 Å². The summed E-state index contributed by atoms with van der Waals surface area (Å²) in [6, 6.07) is 0. The van der Waals surface area contributed by atoms with Gasteiger partial charge in [0.15, 0.2) is 6.49 Å². The van der Waals surface area contributed by atoms with Crippen molar-refractivity contribution in [2.24, 2.45) is 0 Å². The zero-order valence-electron chi connectivity index (χ0n) is 4.70. The predicted octanol–water partition coefficient (Wildman–Crippen LogP) is 1.12. The van der Waals surface area contributed by atoms with Gasteiger partial charge in [-0.2, -0.15) is 0 Å². The van der Waals surface area contributed by atoms with Crippen LogP contribution in [0.1, 0.15) is 0 Å². The maximum Gasteiger partial charge on any atom is 0.183 e. The van der Waals surface area contributed by atoms with Crippen LogP contribution in [0.4, 0.5) is 0 Å². The summed E-state index contributed by atoms with van der Waals surface area (Å²) in [7, 11) is 0. The molecule has 2 nitrogen and oxygen atoms in total. The highest BCUT2D eigenvalue weighted by Gasteiger charge is 2.00. The second-order valence-corrected chi connectivity index (χ2v) is 5.28. The Kier molecular flexibility index (Phi) is 3.49. The molecule has 0 heterocycles. The third-order valence-corrected chi connectivity index (χ3v) is 1.38. The molecule has 0 aliphatic carbocycles. The smallest absolute Gasteiger partial charge is 0.183 e. The molecular formula is C4H9O2PS. The van der Waals surface area contributed by atoms with E-state index in [9.17, 15) is 0 Å². The van der Waals surface area contributed by atoms with E-state index < -0.39 is 6.49 Å². The number of hydrogen-bond acceptors (Lipinski definition) is 2. The highest BCUT2D eigenvalue weighted by atomic mass is 32.5. The molecule has 0 aliphatic rings. The van der Waals surface area contributed by atoms with E-state index in [1.807, 2.05) is 0 Å². The molecule has 0 fully saturated rings. The minimum absolute atomic E-state index is 0.338. The van der Waals surface area contributed by atoms with Crippen LogP contribution in [0.3, 0.4) is 0 Å². The van der Waals surface area contributed by atoms with Crippen LogP contribution in [0.25, 0.3) is 0 Å². The first-order chi connectivity index (χ1) is 3.56. The van der Waals surface area contributed by atoms with Crippen LogP contribution in [0.15, 0.2) is 12.7 Å². The third kappa shape index (κ3) is 6.31. The third-order valence-electron chi connectivity index (χ3n) is 0.432. The summed E-state index contributed by atoms with van der Waals surface area (Å²) in [6.45, 7) is 2.82. The highest BCUT2D eigenvalue weighted by molar-refractivity contribution is 8.09. The zero-order valence-corrected chi connectivity index (χ0v) is 6.41. The van der Waals surface area contributed by atoms with Gasteiger partial charge in [-0.15, -0.1) is 6.58 Å². The molecule has 4 heteroatoms. The summed E-state index contributed by atoms with van der Waals surface area (Å²) in [5, 5.41) is 0. The summed E-state index contributed by atoms with van der Waals surface area (Å²) < 4.78 is 4.74. The molecule has 1 atom stereocenters. The molecule has 0 amide bonds. The van der Waals surface area contributed by atoms with Gasteiger partial charge in [0.05, 0.1) is 6.61 Å². The minimum atomic E-state index is -2.42. The fourth-order valence-corrected chi connectivity index (χ4v) is 0.756. The molecule has 48 valence electrons. The van der Waals surface area contributed by atoms with Gasteiger partial charge in [0.1, 0.15) is 0 Å². The number of hydrogen-bond donors (Lipinski definition) is 1. The fraction of sp³-hybridized carbons (Fsp3) is 0.500. The maximum atomic E-state index is 8.80. The lowest BCUT2D eigenvalue weighted by molar-refractivity contribution is 0.351. The van der Waals surface area contributed by atoms with Gasteiger partial charge >= 0.3 is 0 Å². The first-order valence-corrected chi connectivity index (χ1v) is 5.24. The Labute approximate surface area is 54.3 Å². The second-order valence-electron chi connectivity index (χ2n) is 1.39. The van der Waals surface area contributed by atoms with E-state index >= 15 is 0 Å². The molecule has 0 aliphatic heterocycles. The molecule has 0 aromatic carbocycles. The monoisotopic (exact) mass is 152 g/mol. The Morgan fingerprint density at radius 3 is 2.62 bits per heavy atom. The van der Waals surface area contributed by atoms with Crippen molar-refractivity contribution in [3.05, 3.63) is 12.7 Å². The van der Waals surface area contributed by atoms with Gasteiger partial charge in [-0.25, -0.2) is 0 Å². The summed E-state index contributed by atoms with van der Waals surface area (Å²) in [4.78, 5) is 8.80. The Bertz CT molecular complexity index is 117. The van der Waals surface area contributed by atoms with Crippen molar-refractivity contribution >= 4 is 18.3 Å². The molecule has 0 bridgehead atoms. The van der Waals surface area contributed by atoms with E-state index in [-0.39, 0.29) is 0 Å². The summed E-state index contributed by atoms with van der Waals surface area (Å²) in [5.74, 6) is 0. The van der Waals surface area contributed by atoms with Crippen molar-refractivity contribution < 1.29 is 9.42 Å². The van der Waals surface area contributed by atoms with Crippen molar-refractivity contribution in [2.75, 3.05) is 13.3 Å². The standard InChI is InChI=1S/C4H9O2PS/c1-3-4-6-7(2,5)8/h3H,1,4H2,2H3,(H,5,8). The minimum Gasteiger partial charge on any atom is -0.345 e. The average Bonchev–Trinajstić information content (AvgIpc) is 1.59. The van der Waals surface area contributed by atoms with E-state index in [4.69, 9.17) is 9.42 Å². The largest absolute Gasteiger partial charge is 0.345 e. The van der Waals surface area contributed by atoms with E-state index in [1.54, 1.807) is 6.08 Å². The molecule has 0 aromatic heterocycles. The predicted molar refractivity (Wildman–Crippen MR) is 38.6 cm³/mol. The molecular weight excluding hydrogens is 143 g/mol. The highest BCUT2D eigenvalue weighted by Crippen LogP contribution is 2.36. The SMILES string of the molecule is C=CCOP(C)(O)=S. The van der Waals surface area contributed by atoms with Crippen molar-refractivity contribution in [3.8, 4) is 0 Å². The molecule has 0 rings (SSSR count). The lowest BCUT2D eigenvalue weighted by Crippen LogP contribution is -1.84. The average molecular weight is 152 g/mol. The quantitative estimate of drug-likeness (QED) is 0.485. The van der Waals surface area contributed by atoms with E-state index in [0.717, 1.165) is 0 Å². The Balaban J connectivity index is 3.40. The van der Waals surface area contributed by atoms with Crippen LogP contribution < -0.4 is 0 Å². The zero-order chi connectivity index (χ0) is 6.62. The first-order valence-electron chi connectivity index (χ1n) is 2.12. The molecule has 0 saturated carbocycles. The first kappa shape index (κ1) is 8.31. The van der Waals surface area contributed by atoms with Crippen molar-refractivity contribution in [2.45, 2.75) is 0 Å².